The molecule has 3 heteroatoms. The molecule has 0 aromatic rings. The summed E-state index contributed by atoms with van der Waals surface area (Å²) in [6.07, 6.45) is 5.51. The van der Waals surface area contributed by atoms with Gasteiger partial charge < -0.3 is 15.1 Å². The van der Waals surface area contributed by atoms with E-state index >= 15 is 0 Å². The van der Waals surface area contributed by atoms with Crippen LogP contribution in [-0.4, -0.2) is 47.5 Å². The van der Waals surface area contributed by atoms with Crippen LogP contribution in [0.4, 0.5) is 0 Å². The van der Waals surface area contributed by atoms with Crippen LogP contribution in [0.3, 0.4) is 0 Å². The number of hydrogen-bond donors (Lipinski definition) is 2. The van der Waals surface area contributed by atoms with Gasteiger partial charge in [-0.15, -0.1) is 0 Å². The van der Waals surface area contributed by atoms with Crippen LogP contribution in [0.1, 0.15) is 32.1 Å². The molecule has 3 atom stereocenters. The predicted octanol–water partition coefficient (Wildman–Crippen LogP) is 0.852. The van der Waals surface area contributed by atoms with Gasteiger partial charge in [0, 0.05) is 19.7 Å². The van der Waals surface area contributed by atoms with Gasteiger partial charge in [0.15, 0.2) is 0 Å². The van der Waals surface area contributed by atoms with Crippen LogP contribution in [0.25, 0.3) is 0 Å². The highest BCUT2D eigenvalue weighted by atomic mass is 16.3. The maximum Gasteiger partial charge on any atom is 0.0580 e. The highest BCUT2D eigenvalue weighted by Gasteiger charge is 2.30. The molecule has 1 aliphatic heterocycles. The van der Waals surface area contributed by atoms with Crippen LogP contribution in [0, 0.1) is 11.8 Å². The van der Waals surface area contributed by atoms with E-state index in [1.54, 1.807) is 0 Å². The normalized spacial score (nSPS) is 37.6. The van der Waals surface area contributed by atoms with Crippen LogP contribution >= 0.6 is 0 Å². The molecule has 0 spiro atoms. The Bertz CT molecular complexity index is 198. The fourth-order valence-corrected chi connectivity index (χ4v) is 3.06. The lowest BCUT2D eigenvalue weighted by Gasteiger charge is -2.22. The van der Waals surface area contributed by atoms with Crippen molar-refractivity contribution in [3.8, 4) is 0 Å². The average Bonchev–Trinajstić information content (AvgIpc) is 2.79. The van der Waals surface area contributed by atoms with Gasteiger partial charge in [0.05, 0.1) is 6.10 Å². The summed E-state index contributed by atoms with van der Waals surface area (Å²) in [4.78, 5) is 2.47. The Balaban J connectivity index is 1.72. The predicted molar refractivity (Wildman–Crippen MR) is 59.6 cm³/mol. The van der Waals surface area contributed by atoms with Crippen molar-refractivity contribution in [1.29, 1.82) is 0 Å². The van der Waals surface area contributed by atoms with Crippen molar-refractivity contribution in [3.63, 3.8) is 0 Å². The van der Waals surface area contributed by atoms with Gasteiger partial charge in [-0.25, -0.2) is 0 Å². The summed E-state index contributed by atoms with van der Waals surface area (Å²) in [5, 5.41) is 18.6. The zero-order valence-electron chi connectivity index (χ0n) is 9.44. The number of aliphatic hydroxyl groups is 2. The number of nitrogens with zero attached hydrogens (tertiary/aromatic N) is 1. The SMILES string of the molecule is OCCC1CCN(CC2CCCC2O)C1. The standard InChI is InChI=1S/C12H23NO2/c14-7-5-10-4-6-13(8-10)9-11-2-1-3-12(11)15/h10-12,14-15H,1-9H2. The lowest BCUT2D eigenvalue weighted by molar-refractivity contribution is 0.107. The molecule has 1 saturated carbocycles. The van der Waals surface area contributed by atoms with Gasteiger partial charge in [-0.05, 0) is 44.1 Å². The minimum absolute atomic E-state index is 0.0538. The van der Waals surface area contributed by atoms with E-state index in [2.05, 4.69) is 4.90 Å². The summed E-state index contributed by atoms with van der Waals surface area (Å²) in [5.41, 5.74) is 0. The quantitative estimate of drug-likeness (QED) is 0.727. The van der Waals surface area contributed by atoms with E-state index in [-0.39, 0.29) is 6.10 Å². The zero-order valence-corrected chi connectivity index (χ0v) is 9.44. The van der Waals surface area contributed by atoms with Gasteiger partial charge in [-0.3, -0.25) is 0 Å². The van der Waals surface area contributed by atoms with Crippen LogP contribution in [0.5, 0.6) is 0 Å². The summed E-state index contributed by atoms with van der Waals surface area (Å²) in [6, 6.07) is 0. The first-order valence-corrected chi connectivity index (χ1v) is 6.31. The number of aliphatic hydroxyl groups excluding tert-OH is 2. The molecule has 2 rings (SSSR count). The molecule has 0 amide bonds. The molecule has 0 aromatic carbocycles. The highest BCUT2D eigenvalue weighted by molar-refractivity contribution is 4.83. The molecule has 3 unspecified atom stereocenters. The van der Waals surface area contributed by atoms with E-state index in [4.69, 9.17) is 5.11 Å². The van der Waals surface area contributed by atoms with Gasteiger partial charge in [-0.1, -0.05) is 6.42 Å². The maximum absolute atomic E-state index is 9.75. The van der Waals surface area contributed by atoms with Gasteiger partial charge in [0.2, 0.25) is 0 Å². The first-order valence-electron chi connectivity index (χ1n) is 6.31. The molecule has 1 heterocycles. The maximum atomic E-state index is 9.75. The third-order valence-corrected chi connectivity index (χ3v) is 4.02. The first-order chi connectivity index (χ1) is 7.29. The Labute approximate surface area is 92.1 Å². The number of rotatable bonds is 4. The fourth-order valence-electron chi connectivity index (χ4n) is 3.06. The topological polar surface area (TPSA) is 43.7 Å². The van der Waals surface area contributed by atoms with E-state index in [9.17, 15) is 5.11 Å². The molecule has 0 bridgehead atoms. The Morgan fingerprint density at radius 3 is 2.73 bits per heavy atom. The Morgan fingerprint density at radius 1 is 1.20 bits per heavy atom. The zero-order chi connectivity index (χ0) is 10.7. The molecule has 3 nitrogen and oxygen atoms in total. The van der Waals surface area contributed by atoms with Crippen LogP contribution in [-0.2, 0) is 0 Å². The monoisotopic (exact) mass is 213 g/mol. The second kappa shape index (κ2) is 5.28. The minimum atomic E-state index is -0.0538. The first kappa shape index (κ1) is 11.4. The summed E-state index contributed by atoms with van der Waals surface area (Å²) >= 11 is 0. The Kier molecular flexibility index (Phi) is 4.00. The van der Waals surface area contributed by atoms with E-state index in [0.29, 0.717) is 18.4 Å². The third kappa shape index (κ3) is 2.92. The third-order valence-electron chi connectivity index (χ3n) is 4.02. The van der Waals surface area contributed by atoms with Crippen molar-refractivity contribution in [2.75, 3.05) is 26.2 Å². The van der Waals surface area contributed by atoms with Crippen LogP contribution < -0.4 is 0 Å². The molecule has 0 radical (unpaired) electrons. The van der Waals surface area contributed by atoms with Gasteiger partial charge in [0.1, 0.15) is 0 Å². The van der Waals surface area contributed by atoms with Crippen molar-refractivity contribution in [3.05, 3.63) is 0 Å². The lowest BCUT2D eigenvalue weighted by atomic mass is 10.0. The highest BCUT2D eigenvalue weighted by Crippen LogP contribution is 2.28. The average molecular weight is 213 g/mol. The Morgan fingerprint density at radius 2 is 2.07 bits per heavy atom. The molecular formula is C12H23NO2. The summed E-state index contributed by atoms with van der Waals surface area (Å²) < 4.78 is 0. The molecule has 15 heavy (non-hydrogen) atoms. The van der Waals surface area contributed by atoms with Crippen molar-refractivity contribution in [1.82, 2.24) is 4.90 Å². The van der Waals surface area contributed by atoms with Gasteiger partial charge >= 0.3 is 0 Å². The van der Waals surface area contributed by atoms with E-state index in [1.807, 2.05) is 0 Å². The Hall–Kier alpha value is -0.120. The molecule has 2 fully saturated rings. The van der Waals surface area contributed by atoms with Crippen LogP contribution in [0.2, 0.25) is 0 Å². The lowest BCUT2D eigenvalue weighted by Crippen LogP contribution is -2.31. The van der Waals surface area contributed by atoms with E-state index in [0.717, 1.165) is 32.5 Å². The van der Waals surface area contributed by atoms with Crippen molar-refractivity contribution in [2.45, 2.75) is 38.2 Å². The molecular weight excluding hydrogens is 190 g/mol. The molecule has 1 aliphatic carbocycles. The summed E-state index contributed by atoms with van der Waals surface area (Å²) in [5.74, 6) is 1.20. The minimum Gasteiger partial charge on any atom is -0.396 e. The van der Waals surface area contributed by atoms with Gasteiger partial charge in [0.25, 0.3) is 0 Å². The van der Waals surface area contributed by atoms with Crippen molar-refractivity contribution < 1.29 is 10.2 Å². The number of hydrogen-bond acceptors (Lipinski definition) is 3. The number of likely N-dealkylation sites (tertiary alicyclic amines) is 1. The second-order valence-electron chi connectivity index (χ2n) is 5.18. The molecule has 1 saturated heterocycles. The van der Waals surface area contributed by atoms with Crippen molar-refractivity contribution >= 4 is 0 Å². The summed E-state index contributed by atoms with van der Waals surface area (Å²) in [7, 11) is 0. The van der Waals surface area contributed by atoms with E-state index in [1.165, 1.54) is 19.3 Å². The second-order valence-corrected chi connectivity index (χ2v) is 5.18. The largest absolute Gasteiger partial charge is 0.396 e. The molecule has 88 valence electrons. The molecule has 2 N–H and O–H groups in total. The molecule has 0 aromatic heterocycles. The van der Waals surface area contributed by atoms with Gasteiger partial charge in [-0.2, -0.15) is 0 Å². The smallest absolute Gasteiger partial charge is 0.0580 e. The summed E-state index contributed by atoms with van der Waals surface area (Å²) in [6.45, 7) is 3.69. The molecule has 2 aliphatic rings. The van der Waals surface area contributed by atoms with E-state index < -0.39 is 0 Å². The van der Waals surface area contributed by atoms with Crippen LogP contribution in [0.15, 0.2) is 0 Å². The fraction of sp³-hybridized carbons (Fsp3) is 1.00. The van der Waals surface area contributed by atoms with Crippen molar-refractivity contribution in [2.24, 2.45) is 11.8 Å².